The monoisotopic (exact) mass is 483 g/mol. The summed E-state index contributed by atoms with van der Waals surface area (Å²) >= 11 is 0. The third-order valence-electron chi connectivity index (χ3n) is 7.03. The molecule has 1 aliphatic carbocycles. The van der Waals surface area contributed by atoms with Crippen molar-refractivity contribution < 1.29 is 9.53 Å². The highest BCUT2D eigenvalue weighted by Gasteiger charge is 2.24. The second-order valence-electron chi connectivity index (χ2n) is 9.26. The minimum Gasteiger partial charge on any atom is -0.496 e. The van der Waals surface area contributed by atoms with E-state index in [2.05, 4.69) is 27.4 Å². The van der Waals surface area contributed by atoms with Gasteiger partial charge in [0.2, 0.25) is 0 Å². The highest BCUT2D eigenvalue weighted by atomic mass is 16.5. The molecule has 10 nitrogen and oxygen atoms in total. The van der Waals surface area contributed by atoms with E-state index in [4.69, 9.17) is 10.5 Å². The fourth-order valence-corrected chi connectivity index (χ4v) is 4.92. The van der Waals surface area contributed by atoms with Crippen LogP contribution >= 0.6 is 0 Å². The Morgan fingerprint density at radius 2 is 1.97 bits per heavy atom. The quantitative estimate of drug-likeness (QED) is 0.549. The molecule has 1 aromatic carbocycles. The molecule has 2 aliphatic rings. The topological polar surface area (TPSA) is 118 Å². The van der Waals surface area contributed by atoms with Gasteiger partial charge in [0.25, 0.3) is 0 Å². The van der Waals surface area contributed by atoms with E-state index in [0.717, 1.165) is 63.2 Å². The van der Waals surface area contributed by atoms with Crippen molar-refractivity contribution in [2.24, 2.45) is 5.73 Å². The van der Waals surface area contributed by atoms with Crippen molar-refractivity contribution in [3.8, 4) is 11.4 Å². The smallest absolute Gasteiger partial charge is 0.354 e. The first-order chi connectivity index (χ1) is 17.0. The lowest BCUT2D eigenvalue weighted by atomic mass is 9.90. The van der Waals surface area contributed by atoms with Crippen LogP contribution < -0.4 is 26.8 Å². The molecule has 2 fully saturated rings. The molecule has 1 aliphatic heterocycles. The van der Waals surface area contributed by atoms with Crippen molar-refractivity contribution >= 4 is 11.8 Å². The van der Waals surface area contributed by atoms with Gasteiger partial charge in [-0.1, -0.05) is 13.0 Å². The summed E-state index contributed by atoms with van der Waals surface area (Å²) in [5, 5.41) is 5.93. The number of benzene rings is 1. The van der Waals surface area contributed by atoms with Crippen molar-refractivity contribution in [3.05, 3.63) is 46.5 Å². The first-order valence-corrected chi connectivity index (χ1v) is 12.5. The zero-order chi connectivity index (χ0) is 24.8. The second-order valence-corrected chi connectivity index (χ2v) is 9.26. The minimum atomic E-state index is -0.466. The third-order valence-corrected chi connectivity index (χ3v) is 7.03. The van der Waals surface area contributed by atoms with E-state index in [1.165, 1.54) is 4.57 Å². The fourth-order valence-electron chi connectivity index (χ4n) is 4.92. The van der Waals surface area contributed by atoms with Gasteiger partial charge < -0.3 is 20.7 Å². The highest BCUT2D eigenvalue weighted by Crippen LogP contribution is 2.28. The molecule has 2 aromatic rings. The van der Waals surface area contributed by atoms with Gasteiger partial charge >= 0.3 is 11.7 Å². The first kappa shape index (κ1) is 25.2. The molecular formula is C25H37N7O3. The molecule has 4 N–H and O–H groups in total. The molecule has 1 saturated carbocycles. The Hall–Kier alpha value is -2.95. The SMILES string of the molecule is CCN(Cc1ccc(-n2ccc(NC(=O)N3CCNCC3)nc2=O)cc1OC)C1CCC(N)CC1. The van der Waals surface area contributed by atoms with Crippen LogP contribution in [0.5, 0.6) is 5.75 Å². The second kappa shape index (κ2) is 11.7. The van der Waals surface area contributed by atoms with Crippen LogP contribution in [0.3, 0.4) is 0 Å². The lowest BCUT2D eigenvalue weighted by molar-refractivity contribution is 0.148. The number of methoxy groups -OCH3 is 1. The van der Waals surface area contributed by atoms with Gasteiger partial charge in [-0.3, -0.25) is 14.8 Å². The van der Waals surface area contributed by atoms with Crippen LogP contribution in [0.1, 0.15) is 38.2 Å². The van der Waals surface area contributed by atoms with Gasteiger partial charge in [0.1, 0.15) is 11.6 Å². The molecule has 10 heteroatoms. The van der Waals surface area contributed by atoms with Crippen LogP contribution in [0.25, 0.3) is 5.69 Å². The molecule has 0 spiro atoms. The fraction of sp³-hybridized carbons (Fsp3) is 0.560. The Morgan fingerprint density at radius 3 is 2.63 bits per heavy atom. The zero-order valence-corrected chi connectivity index (χ0v) is 20.7. The average molecular weight is 484 g/mol. The minimum absolute atomic E-state index is 0.240. The molecule has 1 saturated heterocycles. The molecule has 0 unspecified atom stereocenters. The Labute approximate surface area is 206 Å². The van der Waals surface area contributed by atoms with Crippen molar-refractivity contribution in [2.45, 2.75) is 51.2 Å². The van der Waals surface area contributed by atoms with Crippen molar-refractivity contribution in [2.75, 3.05) is 45.2 Å². The predicted molar refractivity (Wildman–Crippen MR) is 136 cm³/mol. The third kappa shape index (κ3) is 6.19. The Morgan fingerprint density at radius 1 is 1.23 bits per heavy atom. The number of anilines is 1. The molecule has 2 heterocycles. The normalized spacial score (nSPS) is 20.6. The van der Waals surface area contributed by atoms with Crippen LogP contribution in [-0.2, 0) is 6.54 Å². The number of hydrogen-bond donors (Lipinski definition) is 3. The number of piperazine rings is 1. The maximum Gasteiger partial charge on any atom is 0.354 e. The summed E-state index contributed by atoms with van der Waals surface area (Å²) in [6.45, 7) is 6.68. The van der Waals surface area contributed by atoms with Crippen LogP contribution in [0.2, 0.25) is 0 Å². The number of nitrogens with one attached hydrogen (secondary N) is 2. The number of carbonyl (C=O) groups is 1. The average Bonchev–Trinajstić information content (AvgIpc) is 2.88. The molecule has 35 heavy (non-hydrogen) atoms. The summed E-state index contributed by atoms with van der Waals surface area (Å²) in [7, 11) is 1.65. The summed E-state index contributed by atoms with van der Waals surface area (Å²) in [4.78, 5) is 33.4. The van der Waals surface area contributed by atoms with Crippen molar-refractivity contribution in [3.63, 3.8) is 0 Å². The van der Waals surface area contributed by atoms with E-state index in [0.29, 0.717) is 30.9 Å². The summed E-state index contributed by atoms with van der Waals surface area (Å²) in [5.41, 5.74) is 7.36. The first-order valence-electron chi connectivity index (χ1n) is 12.5. The molecule has 4 rings (SSSR count). The Balaban J connectivity index is 1.47. The zero-order valence-electron chi connectivity index (χ0n) is 20.7. The van der Waals surface area contributed by atoms with Gasteiger partial charge in [-0.25, -0.2) is 9.59 Å². The van der Waals surface area contributed by atoms with Gasteiger partial charge in [-0.2, -0.15) is 4.98 Å². The summed E-state index contributed by atoms with van der Waals surface area (Å²) in [6.07, 6.45) is 6.00. The van der Waals surface area contributed by atoms with E-state index in [-0.39, 0.29) is 11.8 Å². The lowest BCUT2D eigenvalue weighted by Gasteiger charge is -2.35. The molecule has 2 amide bonds. The Bertz CT molecular complexity index is 1060. The highest BCUT2D eigenvalue weighted by molar-refractivity contribution is 5.88. The maximum absolute atomic E-state index is 12.8. The molecule has 190 valence electrons. The number of rotatable bonds is 7. The van der Waals surface area contributed by atoms with E-state index < -0.39 is 5.69 Å². The number of amides is 2. The number of ether oxygens (including phenoxy) is 1. The molecule has 0 bridgehead atoms. The largest absolute Gasteiger partial charge is 0.496 e. The van der Waals surface area contributed by atoms with Gasteiger partial charge in [-0.05, 0) is 44.4 Å². The van der Waals surface area contributed by atoms with E-state index in [9.17, 15) is 9.59 Å². The summed E-state index contributed by atoms with van der Waals surface area (Å²) in [6, 6.07) is 8.02. The van der Waals surface area contributed by atoms with E-state index in [1.807, 2.05) is 18.2 Å². The number of aromatic nitrogens is 2. The van der Waals surface area contributed by atoms with Gasteiger partial charge in [0, 0.05) is 62.6 Å². The van der Waals surface area contributed by atoms with Crippen LogP contribution in [-0.4, -0.2) is 77.3 Å². The van der Waals surface area contributed by atoms with Gasteiger partial charge in [0.05, 0.1) is 12.8 Å². The lowest BCUT2D eigenvalue weighted by Crippen LogP contribution is -2.48. The summed E-state index contributed by atoms with van der Waals surface area (Å²) < 4.78 is 7.14. The number of nitrogens with zero attached hydrogens (tertiary/aromatic N) is 4. The number of urea groups is 1. The van der Waals surface area contributed by atoms with Crippen LogP contribution in [0.4, 0.5) is 10.6 Å². The van der Waals surface area contributed by atoms with Crippen LogP contribution in [0.15, 0.2) is 35.3 Å². The molecule has 1 aromatic heterocycles. The standard InChI is InChI=1S/C25H37N7O3/c1-3-30(20-8-5-19(26)6-9-20)17-18-4-7-21(16-22(18)35-2)32-13-10-23(29-25(32)34)28-24(33)31-14-11-27-12-15-31/h4,7,10,13,16,19-20,27H,3,5-6,8-9,11-12,14-15,17,26H2,1-2H3,(H,28,29,33,34). The van der Waals surface area contributed by atoms with E-state index in [1.54, 1.807) is 24.3 Å². The predicted octanol–water partition coefficient (Wildman–Crippen LogP) is 1.77. The number of carbonyl (C=O) groups excluding carboxylic acids is 1. The molecule has 0 atom stereocenters. The molecular weight excluding hydrogens is 446 g/mol. The van der Waals surface area contributed by atoms with E-state index >= 15 is 0 Å². The maximum atomic E-state index is 12.8. The van der Waals surface area contributed by atoms with Gasteiger partial charge in [-0.15, -0.1) is 0 Å². The number of nitrogens with two attached hydrogens (primary N) is 1. The molecule has 0 radical (unpaired) electrons. The van der Waals surface area contributed by atoms with Crippen molar-refractivity contribution in [1.29, 1.82) is 0 Å². The Kier molecular flexibility index (Phi) is 8.37. The number of hydrogen-bond acceptors (Lipinski definition) is 7. The van der Waals surface area contributed by atoms with Crippen LogP contribution in [0, 0.1) is 0 Å². The van der Waals surface area contributed by atoms with Crippen molar-refractivity contribution in [1.82, 2.24) is 24.7 Å². The van der Waals surface area contributed by atoms with Gasteiger partial charge in [0.15, 0.2) is 0 Å². The summed E-state index contributed by atoms with van der Waals surface area (Å²) in [5.74, 6) is 0.973.